The van der Waals surface area contributed by atoms with Crippen LogP contribution in [0.5, 0.6) is 0 Å². The molecule has 2 unspecified atom stereocenters. The third kappa shape index (κ3) is 2.97. The fourth-order valence-electron chi connectivity index (χ4n) is 1.88. The van der Waals surface area contributed by atoms with Gasteiger partial charge in [0, 0.05) is 31.7 Å². The van der Waals surface area contributed by atoms with E-state index < -0.39 is 5.97 Å². The number of nitrogens with zero attached hydrogens (tertiary/aromatic N) is 1. The molecule has 4 heteroatoms. The van der Waals surface area contributed by atoms with Gasteiger partial charge < -0.3 is 10.4 Å². The number of carboxylic acid groups (broad SMARTS) is 1. The number of nitrogens with one attached hydrogen (secondary N) is 1. The molecule has 0 aromatic rings. The zero-order chi connectivity index (χ0) is 9.84. The molecule has 1 rings (SSSR count). The van der Waals surface area contributed by atoms with Crippen LogP contribution in [-0.4, -0.2) is 47.7 Å². The molecule has 0 amide bonds. The minimum atomic E-state index is -0.710. The first-order chi connectivity index (χ1) is 6.11. The quantitative estimate of drug-likeness (QED) is 0.658. The van der Waals surface area contributed by atoms with Gasteiger partial charge in [0.25, 0.3) is 0 Å². The summed E-state index contributed by atoms with van der Waals surface area (Å²) in [5.41, 5.74) is 0. The molecule has 0 aromatic heterocycles. The second kappa shape index (κ2) is 4.58. The van der Waals surface area contributed by atoms with Gasteiger partial charge in [0.2, 0.25) is 0 Å². The molecule has 1 aliphatic rings. The molecule has 2 atom stereocenters. The summed E-state index contributed by atoms with van der Waals surface area (Å²) in [5.74, 6) is -0.710. The largest absolute Gasteiger partial charge is 0.481 e. The highest BCUT2D eigenvalue weighted by molar-refractivity contribution is 5.67. The van der Waals surface area contributed by atoms with Gasteiger partial charge in [-0.3, -0.25) is 9.69 Å². The zero-order valence-electron chi connectivity index (χ0n) is 8.29. The molecule has 1 fully saturated rings. The van der Waals surface area contributed by atoms with Gasteiger partial charge in [-0.05, 0) is 13.8 Å². The average Bonchev–Trinajstić information content (AvgIpc) is 2.03. The molecular weight excluding hydrogens is 168 g/mol. The highest BCUT2D eigenvalue weighted by Crippen LogP contribution is 2.10. The lowest BCUT2D eigenvalue weighted by Crippen LogP contribution is -2.53. The smallest absolute Gasteiger partial charge is 0.304 e. The fourth-order valence-corrected chi connectivity index (χ4v) is 1.88. The molecule has 0 radical (unpaired) electrons. The van der Waals surface area contributed by atoms with Crippen molar-refractivity contribution in [2.45, 2.75) is 32.4 Å². The van der Waals surface area contributed by atoms with Crippen LogP contribution in [-0.2, 0) is 4.79 Å². The summed E-state index contributed by atoms with van der Waals surface area (Å²) in [5, 5.41) is 11.9. The number of carboxylic acids is 1. The van der Waals surface area contributed by atoms with Crippen molar-refractivity contribution in [2.75, 3.05) is 19.6 Å². The minimum absolute atomic E-state index is 0.148. The lowest BCUT2D eigenvalue weighted by molar-refractivity contribution is -0.138. The second-order valence-corrected chi connectivity index (χ2v) is 3.74. The van der Waals surface area contributed by atoms with E-state index in [9.17, 15) is 4.79 Å². The van der Waals surface area contributed by atoms with Gasteiger partial charge in [-0.25, -0.2) is 0 Å². The van der Waals surface area contributed by atoms with Crippen LogP contribution in [0.4, 0.5) is 0 Å². The summed E-state index contributed by atoms with van der Waals surface area (Å²) in [6, 6.07) is 0.595. The lowest BCUT2D eigenvalue weighted by atomic mass is 10.1. The molecular formula is C9H18N2O2. The van der Waals surface area contributed by atoms with Crippen molar-refractivity contribution < 1.29 is 9.90 Å². The summed E-state index contributed by atoms with van der Waals surface area (Å²) in [4.78, 5) is 12.8. The molecule has 2 N–H and O–H groups in total. The van der Waals surface area contributed by atoms with Crippen LogP contribution in [0.15, 0.2) is 0 Å². The Hall–Kier alpha value is -0.610. The number of piperazine rings is 1. The summed E-state index contributed by atoms with van der Waals surface area (Å²) < 4.78 is 0. The number of aliphatic carboxylic acids is 1. The highest BCUT2D eigenvalue weighted by Gasteiger charge is 2.23. The maximum atomic E-state index is 10.5. The lowest BCUT2D eigenvalue weighted by Gasteiger charge is -2.37. The Morgan fingerprint density at radius 3 is 3.00 bits per heavy atom. The van der Waals surface area contributed by atoms with Crippen molar-refractivity contribution >= 4 is 5.97 Å². The van der Waals surface area contributed by atoms with Gasteiger partial charge in [0.15, 0.2) is 0 Å². The van der Waals surface area contributed by atoms with E-state index in [2.05, 4.69) is 17.1 Å². The highest BCUT2D eigenvalue weighted by atomic mass is 16.4. The van der Waals surface area contributed by atoms with E-state index in [1.54, 1.807) is 0 Å². The van der Waals surface area contributed by atoms with E-state index in [-0.39, 0.29) is 12.5 Å². The predicted molar refractivity (Wildman–Crippen MR) is 50.8 cm³/mol. The molecule has 76 valence electrons. The van der Waals surface area contributed by atoms with E-state index in [0.29, 0.717) is 6.04 Å². The zero-order valence-corrected chi connectivity index (χ0v) is 8.29. The maximum Gasteiger partial charge on any atom is 0.304 e. The van der Waals surface area contributed by atoms with Crippen molar-refractivity contribution in [1.82, 2.24) is 10.2 Å². The van der Waals surface area contributed by atoms with Gasteiger partial charge in [-0.15, -0.1) is 0 Å². The molecule has 0 spiro atoms. The Morgan fingerprint density at radius 1 is 1.77 bits per heavy atom. The van der Waals surface area contributed by atoms with E-state index >= 15 is 0 Å². The monoisotopic (exact) mass is 186 g/mol. The maximum absolute atomic E-state index is 10.5. The van der Waals surface area contributed by atoms with Crippen molar-refractivity contribution in [3.8, 4) is 0 Å². The first-order valence-electron chi connectivity index (χ1n) is 4.79. The molecule has 4 nitrogen and oxygen atoms in total. The third-order valence-corrected chi connectivity index (χ3v) is 2.59. The normalized spacial score (nSPS) is 27.1. The fraction of sp³-hybridized carbons (Fsp3) is 0.889. The molecule has 13 heavy (non-hydrogen) atoms. The van der Waals surface area contributed by atoms with Gasteiger partial charge in [-0.2, -0.15) is 0 Å². The van der Waals surface area contributed by atoms with Crippen molar-refractivity contribution in [3.05, 3.63) is 0 Å². The molecule has 0 aromatic carbocycles. The molecule has 0 saturated carbocycles. The van der Waals surface area contributed by atoms with Gasteiger partial charge >= 0.3 is 5.97 Å². The van der Waals surface area contributed by atoms with E-state index in [4.69, 9.17) is 5.11 Å². The van der Waals surface area contributed by atoms with Crippen LogP contribution in [0.2, 0.25) is 0 Å². The van der Waals surface area contributed by atoms with E-state index in [1.165, 1.54) is 0 Å². The van der Waals surface area contributed by atoms with Gasteiger partial charge in [-0.1, -0.05) is 0 Å². The molecule has 0 aliphatic carbocycles. The first-order valence-corrected chi connectivity index (χ1v) is 4.79. The Labute approximate surface area is 78.9 Å². The molecule has 1 saturated heterocycles. The Balaban J connectivity index is 2.43. The van der Waals surface area contributed by atoms with Gasteiger partial charge in [0.05, 0.1) is 6.42 Å². The van der Waals surface area contributed by atoms with Crippen LogP contribution in [0.3, 0.4) is 0 Å². The Bertz CT molecular complexity index is 184. The van der Waals surface area contributed by atoms with E-state index in [1.807, 2.05) is 6.92 Å². The third-order valence-electron chi connectivity index (χ3n) is 2.59. The summed E-state index contributed by atoms with van der Waals surface area (Å²) in [6.45, 7) is 6.99. The first kappa shape index (κ1) is 10.5. The van der Waals surface area contributed by atoms with Gasteiger partial charge in [0.1, 0.15) is 0 Å². The van der Waals surface area contributed by atoms with Crippen LogP contribution in [0.1, 0.15) is 20.3 Å². The predicted octanol–water partition coefficient (Wildman–Crippen LogP) is 0.143. The molecule has 1 aliphatic heterocycles. The standard InChI is InChI=1S/C9H18N2O2/c1-7(5-9(12)13)11-4-3-10-6-8(11)2/h7-8,10H,3-6H2,1-2H3,(H,12,13). The average molecular weight is 186 g/mol. The number of hydrogen-bond donors (Lipinski definition) is 2. The van der Waals surface area contributed by atoms with Crippen LogP contribution in [0.25, 0.3) is 0 Å². The SMILES string of the molecule is CC1CNCCN1C(C)CC(=O)O. The van der Waals surface area contributed by atoms with Crippen molar-refractivity contribution in [3.63, 3.8) is 0 Å². The Kier molecular flexibility index (Phi) is 3.69. The summed E-state index contributed by atoms with van der Waals surface area (Å²) in [7, 11) is 0. The number of carbonyl (C=O) groups is 1. The van der Waals surface area contributed by atoms with Crippen LogP contribution >= 0.6 is 0 Å². The Morgan fingerprint density at radius 2 is 2.46 bits per heavy atom. The minimum Gasteiger partial charge on any atom is -0.481 e. The van der Waals surface area contributed by atoms with Crippen LogP contribution in [0, 0.1) is 0 Å². The number of hydrogen-bond acceptors (Lipinski definition) is 3. The second-order valence-electron chi connectivity index (χ2n) is 3.74. The van der Waals surface area contributed by atoms with Crippen molar-refractivity contribution in [2.24, 2.45) is 0 Å². The van der Waals surface area contributed by atoms with Crippen molar-refractivity contribution in [1.29, 1.82) is 0 Å². The van der Waals surface area contributed by atoms with E-state index in [0.717, 1.165) is 19.6 Å². The number of rotatable bonds is 3. The molecule has 0 bridgehead atoms. The summed E-state index contributed by atoms with van der Waals surface area (Å²) in [6.07, 6.45) is 0.240. The molecule has 1 heterocycles. The summed E-state index contributed by atoms with van der Waals surface area (Å²) >= 11 is 0. The topological polar surface area (TPSA) is 52.6 Å². The van der Waals surface area contributed by atoms with Crippen LogP contribution < -0.4 is 5.32 Å².